The maximum atomic E-state index is 5.55. The van der Waals surface area contributed by atoms with Gasteiger partial charge in [-0.2, -0.15) is 4.98 Å². The summed E-state index contributed by atoms with van der Waals surface area (Å²) in [4.78, 5) is 10.1. The van der Waals surface area contributed by atoms with Gasteiger partial charge in [-0.05, 0) is 37.4 Å². The summed E-state index contributed by atoms with van der Waals surface area (Å²) in [5.74, 6) is 2.96. The molecule has 4 aliphatic heterocycles. The predicted octanol–water partition coefficient (Wildman–Crippen LogP) is 3.43. The molecule has 0 saturated carbocycles. The van der Waals surface area contributed by atoms with Gasteiger partial charge in [0.15, 0.2) is 5.82 Å². The molecule has 6 rings (SSSR count). The average molecular weight is 367 g/mol. The second-order valence-electron chi connectivity index (χ2n) is 9.57. The van der Waals surface area contributed by atoms with E-state index >= 15 is 0 Å². The fourth-order valence-corrected chi connectivity index (χ4v) is 5.52. The van der Waals surface area contributed by atoms with Gasteiger partial charge in [-0.1, -0.05) is 56.3 Å². The van der Waals surface area contributed by atoms with Crippen molar-refractivity contribution in [2.45, 2.75) is 63.6 Å². The Hall–Kier alpha value is -1.72. The van der Waals surface area contributed by atoms with Gasteiger partial charge in [-0.3, -0.25) is 9.80 Å². The summed E-state index contributed by atoms with van der Waals surface area (Å²) in [6.07, 6.45) is 2.66. The highest BCUT2D eigenvalue weighted by Gasteiger charge is 2.53. The Morgan fingerprint density at radius 3 is 2.48 bits per heavy atom. The number of nitrogens with zero attached hydrogens (tertiary/aromatic N) is 4. The molecular formula is C22H30N4O. The van der Waals surface area contributed by atoms with Gasteiger partial charge in [0, 0.05) is 30.0 Å². The van der Waals surface area contributed by atoms with Gasteiger partial charge >= 0.3 is 0 Å². The highest BCUT2D eigenvalue weighted by atomic mass is 16.5. The maximum absolute atomic E-state index is 5.55. The first-order chi connectivity index (χ1) is 13.0. The first kappa shape index (κ1) is 17.4. The molecule has 0 spiro atoms. The van der Waals surface area contributed by atoms with E-state index in [-0.39, 0.29) is 5.41 Å². The molecule has 0 N–H and O–H groups in total. The molecule has 1 aromatic heterocycles. The van der Waals surface area contributed by atoms with E-state index in [0.29, 0.717) is 18.0 Å². The number of benzene rings is 1. The van der Waals surface area contributed by atoms with E-state index in [1.165, 1.54) is 31.5 Å². The largest absolute Gasteiger partial charge is 0.339 e. The third-order valence-corrected chi connectivity index (χ3v) is 6.78. The van der Waals surface area contributed by atoms with Crippen molar-refractivity contribution in [2.24, 2.45) is 5.92 Å². The summed E-state index contributed by atoms with van der Waals surface area (Å²) in [6.45, 7) is 10.8. The van der Waals surface area contributed by atoms with E-state index in [4.69, 9.17) is 9.51 Å². The number of fused-ring (bicyclic) bond motifs is 2. The Morgan fingerprint density at radius 1 is 1.07 bits per heavy atom. The molecule has 1 aromatic carbocycles. The van der Waals surface area contributed by atoms with Crippen LogP contribution in [-0.4, -0.2) is 51.7 Å². The van der Waals surface area contributed by atoms with Crippen LogP contribution in [0.25, 0.3) is 0 Å². The Bertz CT molecular complexity index is 788. The van der Waals surface area contributed by atoms with E-state index < -0.39 is 0 Å². The van der Waals surface area contributed by atoms with Crippen LogP contribution in [0.15, 0.2) is 34.9 Å². The standard InChI is InChI=1S/C22H30N4O/c1-22(2,3)21-23-18(24-27-21)14-26-13-17(15-7-5-4-6-8-15)20-19(26)16-9-11-25(20)12-10-16/h4-8,16-17,19-20H,9-14H2,1-3H3/t17-,19+,20+/m1/s1. The SMILES string of the molecule is CC(C)(C)c1nc(CN2C[C@H](c3ccccc3)[C@H]3[C@@H]2C2CCN3CC2)no1. The smallest absolute Gasteiger partial charge is 0.232 e. The van der Waals surface area contributed by atoms with Gasteiger partial charge in [-0.15, -0.1) is 0 Å². The summed E-state index contributed by atoms with van der Waals surface area (Å²) < 4.78 is 5.55. The Kier molecular flexibility index (Phi) is 4.13. The van der Waals surface area contributed by atoms with Crippen LogP contribution >= 0.6 is 0 Å². The Labute approximate surface area is 161 Å². The molecule has 4 aliphatic rings. The van der Waals surface area contributed by atoms with Gasteiger partial charge in [-0.25, -0.2) is 0 Å². The van der Waals surface area contributed by atoms with Crippen LogP contribution in [0.4, 0.5) is 0 Å². The van der Waals surface area contributed by atoms with Gasteiger partial charge in [0.05, 0.1) is 6.54 Å². The van der Waals surface area contributed by atoms with Gasteiger partial charge < -0.3 is 4.52 Å². The fourth-order valence-electron chi connectivity index (χ4n) is 5.52. The minimum Gasteiger partial charge on any atom is -0.339 e. The predicted molar refractivity (Wildman–Crippen MR) is 104 cm³/mol. The monoisotopic (exact) mass is 366 g/mol. The molecule has 2 bridgehead atoms. The Balaban J connectivity index is 1.43. The van der Waals surface area contributed by atoms with E-state index in [0.717, 1.165) is 30.7 Å². The molecule has 5 nitrogen and oxygen atoms in total. The first-order valence-corrected chi connectivity index (χ1v) is 10.4. The average Bonchev–Trinajstić information content (AvgIpc) is 3.30. The number of likely N-dealkylation sites (tertiary alicyclic amines) is 1. The van der Waals surface area contributed by atoms with Crippen molar-refractivity contribution in [1.82, 2.24) is 19.9 Å². The molecule has 0 aliphatic carbocycles. The molecule has 2 aromatic rings. The lowest BCUT2D eigenvalue weighted by Crippen LogP contribution is -2.60. The van der Waals surface area contributed by atoms with Crippen LogP contribution < -0.4 is 0 Å². The molecular weight excluding hydrogens is 336 g/mol. The van der Waals surface area contributed by atoms with Crippen molar-refractivity contribution >= 4 is 0 Å². The van der Waals surface area contributed by atoms with E-state index in [9.17, 15) is 0 Å². The molecule has 0 radical (unpaired) electrons. The van der Waals surface area contributed by atoms with Crippen LogP contribution in [0, 0.1) is 5.92 Å². The molecule has 0 unspecified atom stereocenters. The van der Waals surface area contributed by atoms with Crippen LogP contribution in [0.1, 0.15) is 56.8 Å². The minimum atomic E-state index is -0.0963. The molecule has 4 fully saturated rings. The second-order valence-corrected chi connectivity index (χ2v) is 9.57. The van der Waals surface area contributed by atoms with Crippen LogP contribution in [0.2, 0.25) is 0 Å². The van der Waals surface area contributed by atoms with Crippen LogP contribution in [-0.2, 0) is 12.0 Å². The maximum Gasteiger partial charge on any atom is 0.232 e. The third kappa shape index (κ3) is 3.01. The molecule has 4 saturated heterocycles. The van der Waals surface area contributed by atoms with Gasteiger partial charge in [0.2, 0.25) is 5.89 Å². The zero-order valence-corrected chi connectivity index (χ0v) is 16.6. The molecule has 5 heterocycles. The van der Waals surface area contributed by atoms with Crippen LogP contribution in [0.5, 0.6) is 0 Å². The number of aromatic nitrogens is 2. The van der Waals surface area contributed by atoms with E-state index in [1.807, 2.05) is 0 Å². The van der Waals surface area contributed by atoms with Crippen LogP contribution in [0.3, 0.4) is 0 Å². The minimum absolute atomic E-state index is 0.0963. The molecule has 144 valence electrons. The lowest BCUT2D eigenvalue weighted by molar-refractivity contribution is -0.00943. The summed E-state index contributed by atoms with van der Waals surface area (Å²) in [5.41, 5.74) is 1.38. The first-order valence-electron chi connectivity index (χ1n) is 10.4. The van der Waals surface area contributed by atoms with Crippen molar-refractivity contribution in [1.29, 1.82) is 0 Å². The number of hydrogen-bond acceptors (Lipinski definition) is 5. The zero-order valence-electron chi connectivity index (χ0n) is 16.6. The van der Waals surface area contributed by atoms with E-state index in [1.54, 1.807) is 0 Å². The summed E-state index contributed by atoms with van der Waals surface area (Å²) in [6, 6.07) is 12.3. The normalized spacial score (nSPS) is 33.4. The summed E-state index contributed by atoms with van der Waals surface area (Å²) in [7, 11) is 0. The topological polar surface area (TPSA) is 45.4 Å². The van der Waals surface area contributed by atoms with Gasteiger partial charge in [0.1, 0.15) is 0 Å². The van der Waals surface area contributed by atoms with Crippen molar-refractivity contribution in [3.05, 3.63) is 47.6 Å². The number of piperidine rings is 3. The number of hydrogen-bond donors (Lipinski definition) is 0. The molecule has 3 atom stereocenters. The quantitative estimate of drug-likeness (QED) is 0.833. The molecule has 27 heavy (non-hydrogen) atoms. The number of rotatable bonds is 3. The lowest BCUT2D eigenvalue weighted by atomic mass is 9.75. The highest BCUT2D eigenvalue weighted by molar-refractivity contribution is 5.27. The summed E-state index contributed by atoms with van der Waals surface area (Å²) >= 11 is 0. The van der Waals surface area contributed by atoms with Crippen molar-refractivity contribution in [3.63, 3.8) is 0 Å². The fraction of sp³-hybridized carbons (Fsp3) is 0.636. The van der Waals surface area contributed by atoms with Crippen molar-refractivity contribution < 1.29 is 4.52 Å². The lowest BCUT2D eigenvalue weighted by Gasteiger charge is -2.51. The Morgan fingerprint density at radius 2 is 1.81 bits per heavy atom. The summed E-state index contributed by atoms with van der Waals surface area (Å²) in [5, 5.41) is 4.30. The highest BCUT2D eigenvalue weighted by Crippen LogP contribution is 2.46. The molecule has 5 heteroatoms. The van der Waals surface area contributed by atoms with E-state index in [2.05, 4.69) is 66.1 Å². The van der Waals surface area contributed by atoms with Gasteiger partial charge in [0.25, 0.3) is 0 Å². The third-order valence-electron chi connectivity index (χ3n) is 6.78. The second kappa shape index (κ2) is 6.42. The van der Waals surface area contributed by atoms with Crippen molar-refractivity contribution in [2.75, 3.05) is 19.6 Å². The van der Waals surface area contributed by atoms with Crippen molar-refractivity contribution in [3.8, 4) is 0 Å². The zero-order chi connectivity index (χ0) is 18.6. The molecule has 0 amide bonds.